The molecule has 2 heterocycles. The van der Waals surface area contributed by atoms with Gasteiger partial charge in [-0.25, -0.2) is 0 Å². The molecule has 0 saturated carbocycles. The summed E-state index contributed by atoms with van der Waals surface area (Å²) in [5.74, 6) is 0.700. The quantitative estimate of drug-likeness (QED) is 0.919. The third-order valence-corrected chi connectivity index (χ3v) is 4.83. The van der Waals surface area contributed by atoms with Crippen molar-refractivity contribution >= 4 is 27.3 Å². The first-order chi connectivity index (χ1) is 7.27. The fourth-order valence-corrected chi connectivity index (χ4v) is 3.54. The van der Waals surface area contributed by atoms with Gasteiger partial charge >= 0.3 is 0 Å². The molecule has 0 aromatic carbocycles. The largest absolute Gasteiger partial charge is 0.381 e. The van der Waals surface area contributed by atoms with Crippen molar-refractivity contribution < 1.29 is 4.74 Å². The van der Waals surface area contributed by atoms with Crippen molar-refractivity contribution in [3.8, 4) is 0 Å². The van der Waals surface area contributed by atoms with Gasteiger partial charge in [-0.15, -0.1) is 11.3 Å². The van der Waals surface area contributed by atoms with E-state index in [4.69, 9.17) is 4.74 Å². The van der Waals surface area contributed by atoms with E-state index in [0.29, 0.717) is 12.0 Å². The Balaban J connectivity index is 1.81. The monoisotopic (exact) mass is 289 g/mol. The molecule has 0 spiro atoms. The summed E-state index contributed by atoms with van der Waals surface area (Å²) in [4.78, 5) is 1.38. The predicted octanol–water partition coefficient (Wildman–Crippen LogP) is 3.20. The number of nitrogens with one attached hydrogen (secondary N) is 1. The first-order valence-corrected chi connectivity index (χ1v) is 6.98. The Morgan fingerprint density at radius 3 is 3.20 bits per heavy atom. The minimum atomic E-state index is 0.431. The average molecular weight is 290 g/mol. The van der Waals surface area contributed by atoms with E-state index in [1.165, 1.54) is 15.8 Å². The minimum absolute atomic E-state index is 0.431. The lowest BCUT2D eigenvalue weighted by Gasteiger charge is -2.15. The van der Waals surface area contributed by atoms with Crippen LogP contribution < -0.4 is 5.32 Å². The molecule has 2 atom stereocenters. The highest BCUT2D eigenvalue weighted by atomic mass is 79.9. The van der Waals surface area contributed by atoms with Crippen molar-refractivity contribution in [1.29, 1.82) is 0 Å². The summed E-state index contributed by atoms with van der Waals surface area (Å²) in [6, 6.07) is 2.54. The molecule has 15 heavy (non-hydrogen) atoms. The molecule has 84 valence electrons. The van der Waals surface area contributed by atoms with E-state index >= 15 is 0 Å². The molecule has 1 aromatic heterocycles. The molecule has 0 amide bonds. The highest BCUT2D eigenvalue weighted by Crippen LogP contribution is 2.28. The summed E-state index contributed by atoms with van der Waals surface area (Å²) in [5.41, 5.74) is 0. The average Bonchev–Trinajstić information content (AvgIpc) is 2.84. The Kier molecular flexibility index (Phi) is 4.20. The Bertz CT molecular complexity index is 309. The summed E-state index contributed by atoms with van der Waals surface area (Å²) in [5, 5.41) is 5.69. The Morgan fingerprint density at radius 1 is 1.73 bits per heavy atom. The van der Waals surface area contributed by atoms with E-state index < -0.39 is 0 Å². The van der Waals surface area contributed by atoms with Gasteiger partial charge in [0.25, 0.3) is 0 Å². The molecule has 1 N–H and O–H groups in total. The van der Waals surface area contributed by atoms with Gasteiger partial charge in [0.05, 0.1) is 6.61 Å². The van der Waals surface area contributed by atoms with Crippen LogP contribution in [-0.2, 0) is 4.74 Å². The summed E-state index contributed by atoms with van der Waals surface area (Å²) < 4.78 is 6.57. The van der Waals surface area contributed by atoms with Gasteiger partial charge in [0, 0.05) is 28.5 Å². The topological polar surface area (TPSA) is 21.3 Å². The molecule has 2 unspecified atom stereocenters. The zero-order valence-corrected chi connectivity index (χ0v) is 11.2. The van der Waals surface area contributed by atoms with E-state index in [-0.39, 0.29) is 0 Å². The van der Waals surface area contributed by atoms with E-state index in [0.717, 1.165) is 19.8 Å². The number of ether oxygens (including phenoxy) is 1. The minimum Gasteiger partial charge on any atom is -0.381 e. The van der Waals surface area contributed by atoms with Gasteiger partial charge in [0.1, 0.15) is 0 Å². The number of hydrogen-bond acceptors (Lipinski definition) is 3. The molecule has 2 nitrogen and oxygen atoms in total. The SMILES string of the molecule is CC(NCC1CCOC1)c1sccc1Br. The van der Waals surface area contributed by atoms with Crippen molar-refractivity contribution in [2.24, 2.45) is 5.92 Å². The molecule has 4 heteroatoms. The molecule has 0 bridgehead atoms. The van der Waals surface area contributed by atoms with Crippen LogP contribution in [0.1, 0.15) is 24.3 Å². The Labute approximate surface area is 103 Å². The van der Waals surface area contributed by atoms with Gasteiger partial charge in [0.15, 0.2) is 0 Å². The maximum atomic E-state index is 5.36. The number of thiophene rings is 1. The fraction of sp³-hybridized carbons (Fsp3) is 0.636. The number of rotatable bonds is 4. The van der Waals surface area contributed by atoms with E-state index in [2.05, 4.69) is 39.6 Å². The molecule has 1 fully saturated rings. The lowest BCUT2D eigenvalue weighted by atomic mass is 10.1. The molecular weight excluding hydrogens is 274 g/mol. The van der Waals surface area contributed by atoms with Crippen molar-refractivity contribution in [3.63, 3.8) is 0 Å². The van der Waals surface area contributed by atoms with E-state index in [1.54, 1.807) is 11.3 Å². The molecule has 2 rings (SSSR count). The van der Waals surface area contributed by atoms with Gasteiger partial charge in [-0.2, -0.15) is 0 Å². The van der Waals surface area contributed by atoms with Crippen molar-refractivity contribution in [3.05, 3.63) is 20.8 Å². The standard InChI is InChI=1S/C11H16BrNOS/c1-8(11-10(12)3-5-15-11)13-6-9-2-4-14-7-9/h3,5,8-9,13H,2,4,6-7H2,1H3. The summed E-state index contributed by atoms with van der Waals surface area (Å²) in [6.07, 6.45) is 1.20. The number of hydrogen-bond donors (Lipinski definition) is 1. The molecule has 1 aliphatic rings. The normalized spacial score (nSPS) is 23.2. The summed E-state index contributed by atoms with van der Waals surface area (Å²) >= 11 is 5.37. The van der Waals surface area contributed by atoms with E-state index in [9.17, 15) is 0 Å². The molecule has 1 aromatic rings. The van der Waals surface area contributed by atoms with Crippen LogP contribution in [0.3, 0.4) is 0 Å². The Hall–Kier alpha value is 0.100. The second-order valence-electron chi connectivity index (χ2n) is 3.99. The van der Waals surface area contributed by atoms with Gasteiger partial charge in [-0.3, -0.25) is 0 Å². The predicted molar refractivity (Wildman–Crippen MR) is 67.4 cm³/mol. The maximum absolute atomic E-state index is 5.36. The second-order valence-corrected chi connectivity index (χ2v) is 5.79. The van der Waals surface area contributed by atoms with Crippen molar-refractivity contribution in [1.82, 2.24) is 5.32 Å². The van der Waals surface area contributed by atoms with Crippen LogP contribution in [0, 0.1) is 5.92 Å². The number of halogens is 1. The van der Waals surface area contributed by atoms with Crippen LogP contribution in [0.25, 0.3) is 0 Å². The Morgan fingerprint density at radius 2 is 2.60 bits per heavy atom. The smallest absolute Gasteiger partial charge is 0.0507 e. The van der Waals surface area contributed by atoms with Gasteiger partial charge in [-0.05, 0) is 46.6 Å². The first-order valence-electron chi connectivity index (χ1n) is 5.31. The molecule has 1 aliphatic heterocycles. The second kappa shape index (κ2) is 5.43. The third kappa shape index (κ3) is 3.03. The lowest BCUT2D eigenvalue weighted by molar-refractivity contribution is 0.184. The van der Waals surface area contributed by atoms with Crippen molar-refractivity contribution in [2.75, 3.05) is 19.8 Å². The van der Waals surface area contributed by atoms with Crippen LogP contribution >= 0.6 is 27.3 Å². The van der Waals surface area contributed by atoms with Crippen LogP contribution in [-0.4, -0.2) is 19.8 Å². The van der Waals surface area contributed by atoms with Crippen LogP contribution in [0.4, 0.5) is 0 Å². The van der Waals surface area contributed by atoms with Crippen LogP contribution in [0.5, 0.6) is 0 Å². The van der Waals surface area contributed by atoms with Crippen LogP contribution in [0.2, 0.25) is 0 Å². The van der Waals surface area contributed by atoms with Gasteiger partial charge in [0.2, 0.25) is 0 Å². The summed E-state index contributed by atoms with van der Waals surface area (Å²) in [6.45, 7) is 5.13. The highest BCUT2D eigenvalue weighted by Gasteiger charge is 2.17. The zero-order chi connectivity index (χ0) is 10.7. The highest BCUT2D eigenvalue weighted by molar-refractivity contribution is 9.10. The maximum Gasteiger partial charge on any atom is 0.0507 e. The zero-order valence-electron chi connectivity index (χ0n) is 8.83. The molecular formula is C11H16BrNOS. The molecule has 1 saturated heterocycles. The fourth-order valence-electron chi connectivity index (χ4n) is 1.79. The van der Waals surface area contributed by atoms with Crippen LogP contribution in [0.15, 0.2) is 15.9 Å². The molecule has 0 radical (unpaired) electrons. The van der Waals surface area contributed by atoms with E-state index in [1.807, 2.05) is 0 Å². The van der Waals surface area contributed by atoms with Gasteiger partial charge in [-0.1, -0.05) is 0 Å². The first kappa shape index (κ1) is 11.6. The van der Waals surface area contributed by atoms with Gasteiger partial charge < -0.3 is 10.1 Å². The molecule has 0 aliphatic carbocycles. The van der Waals surface area contributed by atoms with Crippen molar-refractivity contribution in [2.45, 2.75) is 19.4 Å². The lowest BCUT2D eigenvalue weighted by Crippen LogP contribution is -2.25. The third-order valence-electron chi connectivity index (χ3n) is 2.77. The summed E-state index contributed by atoms with van der Waals surface area (Å²) in [7, 11) is 0.